The molecule has 2 aromatic heterocycles. The van der Waals surface area contributed by atoms with Gasteiger partial charge in [-0.05, 0) is 43.4 Å². The van der Waals surface area contributed by atoms with Crippen molar-refractivity contribution >= 4 is 17.7 Å². The van der Waals surface area contributed by atoms with Crippen molar-refractivity contribution in [2.24, 2.45) is 0 Å². The molecule has 0 saturated carbocycles. The minimum atomic E-state index is -0.237. The van der Waals surface area contributed by atoms with Crippen LogP contribution in [0.15, 0.2) is 34.3 Å². The Balaban J connectivity index is 1.56. The number of nitrogens with zero attached hydrogens (tertiary/aromatic N) is 4. The van der Waals surface area contributed by atoms with Crippen LogP contribution >= 0.6 is 11.8 Å². The highest BCUT2D eigenvalue weighted by molar-refractivity contribution is 7.99. The van der Waals surface area contributed by atoms with Gasteiger partial charge < -0.3 is 9.64 Å². The van der Waals surface area contributed by atoms with E-state index in [2.05, 4.69) is 9.97 Å². The third kappa shape index (κ3) is 4.28. The molecule has 4 rings (SSSR count). The van der Waals surface area contributed by atoms with Crippen molar-refractivity contribution in [3.05, 3.63) is 51.8 Å². The van der Waals surface area contributed by atoms with Gasteiger partial charge in [-0.25, -0.2) is 4.79 Å². The fourth-order valence-corrected chi connectivity index (χ4v) is 4.71. The van der Waals surface area contributed by atoms with Crippen LogP contribution < -0.4 is 5.69 Å². The van der Waals surface area contributed by atoms with Gasteiger partial charge in [0, 0.05) is 36.7 Å². The number of fused-ring (bicyclic) bond motifs is 1. The van der Waals surface area contributed by atoms with Crippen LogP contribution in [0.3, 0.4) is 0 Å². The van der Waals surface area contributed by atoms with Gasteiger partial charge >= 0.3 is 5.69 Å². The highest BCUT2D eigenvalue weighted by Crippen LogP contribution is 2.29. The van der Waals surface area contributed by atoms with Gasteiger partial charge in [0.25, 0.3) is 0 Å². The molecule has 28 heavy (non-hydrogen) atoms. The Morgan fingerprint density at radius 2 is 1.89 bits per heavy atom. The van der Waals surface area contributed by atoms with Crippen LogP contribution in [0, 0.1) is 0 Å². The molecule has 0 N–H and O–H groups in total. The van der Waals surface area contributed by atoms with E-state index in [9.17, 15) is 9.59 Å². The Morgan fingerprint density at radius 3 is 2.68 bits per heavy atom. The van der Waals surface area contributed by atoms with Gasteiger partial charge in [0.2, 0.25) is 5.91 Å². The normalized spacial score (nSPS) is 16.6. The van der Waals surface area contributed by atoms with E-state index in [0.717, 1.165) is 47.5 Å². The zero-order valence-electron chi connectivity index (χ0n) is 15.8. The topological polar surface area (TPSA) is 77.3 Å². The maximum Gasteiger partial charge on any atom is 0.349 e. The lowest BCUT2D eigenvalue weighted by Gasteiger charge is -2.27. The number of carbonyl (C=O) groups excluding carboxylic acids is 1. The van der Waals surface area contributed by atoms with Crippen LogP contribution in [0.1, 0.15) is 29.7 Å². The molecule has 1 aliphatic carbocycles. The Bertz CT molecular complexity index is 894. The summed E-state index contributed by atoms with van der Waals surface area (Å²) < 4.78 is 7.09. The molecule has 2 aromatic rings. The fourth-order valence-electron chi connectivity index (χ4n) is 3.74. The number of amides is 1. The third-order valence-electron chi connectivity index (χ3n) is 5.24. The molecule has 0 aromatic carbocycles. The molecule has 1 fully saturated rings. The minimum absolute atomic E-state index is 0.0839. The maximum absolute atomic E-state index is 12.8. The number of aromatic nitrogens is 3. The van der Waals surface area contributed by atoms with E-state index in [0.29, 0.717) is 38.6 Å². The van der Waals surface area contributed by atoms with Crippen LogP contribution in [0.2, 0.25) is 0 Å². The van der Waals surface area contributed by atoms with Crippen LogP contribution in [0.25, 0.3) is 0 Å². The molecular weight excluding hydrogens is 376 g/mol. The molecule has 148 valence electrons. The lowest BCUT2D eigenvalue weighted by molar-refractivity contribution is -0.132. The van der Waals surface area contributed by atoms with Gasteiger partial charge in [-0.1, -0.05) is 11.8 Å². The zero-order chi connectivity index (χ0) is 19.3. The molecule has 1 amide bonds. The second-order valence-corrected chi connectivity index (χ2v) is 8.02. The van der Waals surface area contributed by atoms with Gasteiger partial charge in [-0.2, -0.15) is 4.98 Å². The SMILES string of the molecule is O=C(CSc1nc(=O)n(Cc2ccncc2)c2c1CCCC2)N1CCOCC1. The van der Waals surface area contributed by atoms with E-state index < -0.39 is 0 Å². The lowest BCUT2D eigenvalue weighted by atomic mass is 9.97. The van der Waals surface area contributed by atoms with E-state index >= 15 is 0 Å². The summed E-state index contributed by atoms with van der Waals surface area (Å²) in [4.78, 5) is 35.5. The van der Waals surface area contributed by atoms with Crippen LogP contribution in [-0.2, 0) is 28.9 Å². The first-order chi connectivity index (χ1) is 13.7. The van der Waals surface area contributed by atoms with Crippen molar-refractivity contribution in [2.45, 2.75) is 37.3 Å². The Kier molecular flexibility index (Phi) is 6.07. The summed E-state index contributed by atoms with van der Waals surface area (Å²) in [5, 5.41) is 0.729. The smallest absolute Gasteiger partial charge is 0.349 e. The van der Waals surface area contributed by atoms with Crippen LogP contribution in [0.4, 0.5) is 0 Å². The predicted molar refractivity (Wildman–Crippen MR) is 107 cm³/mol. The van der Waals surface area contributed by atoms with Gasteiger partial charge in [0.15, 0.2) is 0 Å². The van der Waals surface area contributed by atoms with Gasteiger partial charge in [-0.3, -0.25) is 14.3 Å². The number of hydrogen-bond acceptors (Lipinski definition) is 6. The molecule has 7 nitrogen and oxygen atoms in total. The molecule has 2 aliphatic rings. The van der Waals surface area contributed by atoms with E-state index in [4.69, 9.17) is 4.74 Å². The second-order valence-electron chi connectivity index (χ2n) is 7.06. The average molecular weight is 401 g/mol. The first kappa shape index (κ1) is 19.1. The van der Waals surface area contributed by atoms with E-state index in [1.54, 1.807) is 17.0 Å². The first-order valence-corrected chi connectivity index (χ1v) is 10.7. The van der Waals surface area contributed by atoms with Gasteiger partial charge in [-0.15, -0.1) is 0 Å². The van der Waals surface area contributed by atoms with E-state index in [1.807, 2.05) is 17.0 Å². The van der Waals surface area contributed by atoms with Gasteiger partial charge in [0.05, 0.1) is 25.5 Å². The summed E-state index contributed by atoms with van der Waals surface area (Å²) in [5.41, 5.74) is 3.01. The second kappa shape index (κ2) is 8.87. The maximum atomic E-state index is 12.8. The predicted octanol–water partition coefficient (Wildman–Crippen LogP) is 1.52. The number of ether oxygens (including phenoxy) is 1. The van der Waals surface area contributed by atoms with Crippen LogP contribution in [0.5, 0.6) is 0 Å². The van der Waals surface area contributed by atoms with E-state index in [1.165, 1.54) is 11.8 Å². The standard InChI is InChI=1S/C20H24N4O3S/c25-18(23-9-11-27-12-10-23)14-28-19-16-3-1-2-4-17(16)24(20(26)22-19)13-15-5-7-21-8-6-15/h5-8H,1-4,9-14H2. The third-order valence-corrected chi connectivity index (χ3v) is 6.24. The number of hydrogen-bond donors (Lipinski definition) is 0. The summed E-state index contributed by atoms with van der Waals surface area (Å²) >= 11 is 1.40. The number of thioether (sulfide) groups is 1. The van der Waals surface area contributed by atoms with Crippen molar-refractivity contribution in [3.63, 3.8) is 0 Å². The molecule has 0 spiro atoms. The van der Waals surface area contributed by atoms with Crippen LogP contribution in [-0.4, -0.2) is 57.4 Å². The average Bonchev–Trinajstić information content (AvgIpc) is 2.75. The molecule has 8 heteroatoms. The first-order valence-electron chi connectivity index (χ1n) is 9.72. The lowest BCUT2D eigenvalue weighted by Crippen LogP contribution is -2.41. The van der Waals surface area contributed by atoms with Crippen molar-refractivity contribution in [1.29, 1.82) is 0 Å². The Morgan fingerprint density at radius 1 is 1.14 bits per heavy atom. The fraction of sp³-hybridized carbons (Fsp3) is 0.500. The Hall–Kier alpha value is -2.19. The van der Waals surface area contributed by atoms with Crippen molar-refractivity contribution in [3.8, 4) is 0 Å². The number of carbonyl (C=O) groups is 1. The number of pyridine rings is 1. The summed E-state index contributed by atoms with van der Waals surface area (Å²) in [6, 6.07) is 3.84. The molecule has 0 atom stereocenters. The van der Waals surface area contributed by atoms with Crippen molar-refractivity contribution in [1.82, 2.24) is 19.4 Å². The quantitative estimate of drug-likeness (QED) is 0.559. The molecule has 1 saturated heterocycles. The molecule has 1 aliphatic heterocycles. The largest absolute Gasteiger partial charge is 0.378 e. The summed E-state index contributed by atoms with van der Waals surface area (Å²) in [5.74, 6) is 0.397. The molecule has 0 bridgehead atoms. The molecule has 0 unspecified atom stereocenters. The monoisotopic (exact) mass is 400 g/mol. The van der Waals surface area contributed by atoms with E-state index in [-0.39, 0.29) is 11.6 Å². The summed E-state index contributed by atoms with van der Waals surface area (Å²) in [6.45, 7) is 2.97. The highest BCUT2D eigenvalue weighted by atomic mass is 32.2. The van der Waals surface area contributed by atoms with Gasteiger partial charge in [0.1, 0.15) is 5.03 Å². The zero-order valence-corrected chi connectivity index (χ0v) is 16.6. The van der Waals surface area contributed by atoms with Crippen molar-refractivity contribution in [2.75, 3.05) is 32.1 Å². The number of morpholine rings is 1. The number of rotatable bonds is 5. The highest BCUT2D eigenvalue weighted by Gasteiger charge is 2.23. The summed E-state index contributed by atoms with van der Waals surface area (Å²) in [7, 11) is 0. The Labute approximate surface area is 168 Å². The molecule has 3 heterocycles. The van der Waals surface area contributed by atoms with Crippen molar-refractivity contribution < 1.29 is 9.53 Å². The summed E-state index contributed by atoms with van der Waals surface area (Å²) in [6.07, 6.45) is 7.43. The molecule has 0 radical (unpaired) electrons. The molecular formula is C20H24N4O3S. The minimum Gasteiger partial charge on any atom is -0.378 e.